The predicted molar refractivity (Wildman–Crippen MR) is 69.9 cm³/mol. The van der Waals surface area contributed by atoms with Crippen molar-refractivity contribution < 1.29 is 5.11 Å². The van der Waals surface area contributed by atoms with Gasteiger partial charge in [-0.1, -0.05) is 31.4 Å². The Balaban J connectivity index is 2.23. The van der Waals surface area contributed by atoms with Gasteiger partial charge in [0.2, 0.25) is 0 Å². The van der Waals surface area contributed by atoms with Crippen molar-refractivity contribution in [3.8, 4) is 5.75 Å². The zero-order valence-corrected chi connectivity index (χ0v) is 10.2. The largest absolute Gasteiger partial charge is 0.508 e. The maximum Gasteiger partial charge on any atom is 0.120 e. The first kappa shape index (κ1) is 12.4. The van der Waals surface area contributed by atoms with Crippen LogP contribution in [0.4, 0.5) is 0 Å². The Bertz CT molecular complexity index is 372. The molecule has 1 aliphatic rings. The number of hydrogen-bond acceptors (Lipinski definition) is 3. The summed E-state index contributed by atoms with van der Waals surface area (Å²) in [5, 5.41) is 9.80. The van der Waals surface area contributed by atoms with Crippen LogP contribution in [0, 0.1) is 0 Å². The minimum absolute atomic E-state index is 0.265. The molecule has 2 rings (SSSR count). The second-order valence-electron chi connectivity index (χ2n) is 5.00. The molecule has 1 fully saturated rings. The Hall–Kier alpha value is -1.06. The van der Waals surface area contributed by atoms with Crippen LogP contribution in [0.1, 0.15) is 55.2 Å². The van der Waals surface area contributed by atoms with Gasteiger partial charge in [-0.15, -0.1) is 0 Å². The van der Waals surface area contributed by atoms with Crippen LogP contribution in [0.5, 0.6) is 5.75 Å². The van der Waals surface area contributed by atoms with E-state index >= 15 is 0 Å². The Morgan fingerprint density at radius 1 is 1.24 bits per heavy atom. The van der Waals surface area contributed by atoms with Crippen LogP contribution < -0.4 is 11.5 Å². The molecule has 0 unspecified atom stereocenters. The van der Waals surface area contributed by atoms with Gasteiger partial charge in [0.1, 0.15) is 5.75 Å². The minimum Gasteiger partial charge on any atom is -0.508 e. The molecule has 0 spiro atoms. The van der Waals surface area contributed by atoms with Gasteiger partial charge in [0.15, 0.2) is 0 Å². The lowest BCUT2D eigenvalue weighted by Crippen LogP contribution is -2.21. The molecule has 1 saturated carbocycles. The van der Waals surface area contributed by atoms with Crippen molar-refractivity contribution in [2.75, 3.05) is 6.54 Å². The van der Waals surface area contributed by atoms with Crippen molar-refractivity contribution in [2.24, 2.45) is 11.5 Å². The zero-order valence-electron chi connectivity index (χ0n) is 10.2. The molecule has 0 saturated heterocycles. The van der Waals surface area contributed by atoms with Gasteiger partial charge in [0.25, 0.3) is 0 Å². The third-order valence-electron chi connectivity index (χ3n) is 3.78. The lowest BCUT2D eigenvalue weighted by atomic mass is 9.83. The van der Waals surface area contributed by atoms with E-state index in [2.05, 4.69) is 0 Å². The number of benzene rings is 1. The van der Waals surface area contributed by atoms with Crippen LogP contribution in [0.25, 0.3) is 0 Å². The van der Waals surface area contributed by atoms with E-state index in [0.717, 1.165) is 5.56 Å². The maximum absolute atomic E-state index is 9.80. The van der Waals surface area contributed by atoms with Gasteiger partial charge in [0.05, 0.1) is 0 Å². The summed E-state index contributed by atoms with van der Waals surface area (Å²) in [4.78, 5) is 0. The summed E-state index contributed by atoms with van der Waals surface area (Å²) < 4.78 is 0. The first-order chi connectivity index (χ1) is 8.22. The molecule has 3 heteroatoms. The van der Waals surface area contributed by atoms with Gasteiger partial charge in [0, 0.05) is 18.2 Å². The fraction of sp³-hybridized carbons (Fsp3) is 0.571. The van der Waals surface area contributed by atoms with Gasteiger partial charge in [-0.05, 0) is 30.4 Å². The minimum atomic E-state index is -0.265. The number of nitrogens with two attached hydrogens (primary N) is 2. The number of rotatable bonds is 3. The molecule has 1 aliphatic carbocycles. The summed E-state index contributed by atoms with van der Waals surface area (Å²) >= 11 is 0. The van der Waals surface area contributed by atoms with Crippen LogP contribution in [0.2, 0.25) is 0 Å². The molecular formula is C14H22N2O. The number of phenols is 1. The van der Waals surface area contributed by atoms with E-state index in [0.29, 0.717) is 12.5 Å². The van der Waals surface area contributed by atoms with Gasteiger partial charge >= 0.3 is 0 Å². The first-order valence-electron chi connectivity index (χ1n) is 6.51. The Morgan fingerprint density at radius 3 is 2.59 bits per heavy atom. The first-order valence-corrected chi connectivity index (χ1v) is 6.51. The SMILES string of the molecule is NC[C@H](N)c1cc(C2CCCCC2)ccc1O. The average Bonchev–Trinajstić information content (AvgIpc) is 2.39. The van der Waals surface area contributed by atoms with Crippen molar-refractivity contribution in [3.63, 3.8) is 0 Å². The molecule has 0 radical (unpaired) electrons. The summed E-state index contributed by atoms with van der Waals surface area (Å²) in [6.45, 7) is 0.363. The summed E-state index contributed by atoms with van der Waals surface area (Å²) in [5.41, 5.74) is 13.6. The third kappa shape index (κ3) is 2.79. The van der Waals surface area contributed by atoms with E-state index in [1.54, 1.807) is 6.07 Å². The molecule has 17 heavy (non-hydrogen) atoms. The van der Waals surface area contributed by atoms with E-state index in [1.807, 2.05) is 12.1 Å². The van der Waals surface area contributed by atoms with Crippen LogP contribution in [-0.4, -0.2) is 11.7 Å². The quantitative estimate of drug-likeness (QED) is 0.752. The van der Waals surface area contributed by atoms with Gasteiger partial charge in [-0.2, -0.15) is 0 Å². The normalized spacial score (nSPS) is 19.2. The molecule has 0 aliphatic heterocycles. The lowest BCUT2D eigenvalue weighted by molar-refractivity contribution is 0.439. The molecule has 1 atom stereocenters. The van der Waals surface area contributed by atoms with Crippen LogP contribution in [-0.2, 0) is 0 Å². The summed E-state index contributed by atoms with van der Waals surface area (Å²) in [5.74, 6) is 0.899. The summed E-state index contributed by atoms with van der Waals surface area (Å²) in [6.07, 6.45) is 6.47. The van der Waals surface area contributed by atoms with E-state index < -0.39 is 0 Å². The van der Waals surface area contributed by atoms with Gasteiger partial charge < -0.3 is 16.6 Å². The topological polar surface area (TPSA) is 72.3 Å². The van der Waals surface area contributed by atoms with Gasteiger partial charge in [-0.3, -0.25) is 0 Å². The van der Waals surface area contributed by atoms with Crippen molar-refractivity contribution >= 4 is 0 Å². The Kier molecular flexibility index (Phi) is 4.02. The van der Waals surface area contributed by atoms with E-state index in [-0.39, 0.29) is 11.8 Å². The molecule has 3 nitrogen and oxygen atoms in total. The van der Waals surface area contributed by atoms with Crippen molar-refractivity contribution in [1.29, 1.82) is 0 Å². The molecule has 0 amide bonds. The molecule has 1 aromatic rings. The second kappa shape index (κ2) is 5.52. The molecule has 0 heterocycles. The summed E-state index contributed by atoms with van der Waals surface area (Å²) in [6, 6.07) is 5.56. The third-order valence-corrected chi connectivity index (χ3v) is 3.78. The molecule has 0 bridgehead atoms. The van der Waals surface area contributed by atoms with Gasteiger partial charge in [-0.25, -0.2) is 0 Å². The van der Waals surface area contributed by atoms with Crippen molar-refractivity contribution in [2.45, 2.75) is 44.1 Å². The second-order valence-corrected chi connectivity index (χ2v) is 5.00. The average molecular weight is 234 g/mol. The van der Waals surface area contributed by atoms with Crippen molar-refractivity contribution in [1.82, 2.24) is 0 Å². The fourth-order valence-corrected chi connectivity index (χ4v) is 2.69. The van der Waals surface area contributed by atoms with E-state index in [9.17, 15) is 5.11 Å². The van der Waals surface area contributed by atoms with Crippen LogP contribution in [0.15, 0.2) is 18.2 Å². The van der Waals surface area contributed by atoms with E-state index in [4.69, 9.17) is 11.5 Å². The van der Waals surface area contributed by atoms with E-state index in [1.165, 1.54) is 37.7 Å². The molecular weight excluding hydrogens is 212 g/mol. The molecule has 5 N–H and O–H groups in total. The summed E-state index contributed by atoms with van der Waals surface area (Å²) in [7, 11) is 0. The highest BCUT2D eigenvalue weighted by atomic mass is 16.3. The smallest absolute Gasteiger partial charge is 0.120 e. The monoisotopic (exact) mass is 234 g/mol. The molecule has 1 aromatic carbocycles. The number of phenolic OH excluding ortho intramolecular Hbond substituents is 1. The fourth-order valence-electron chi connectivity index (χ4n) is 2.69. The zero-order chi connectivity index (χ0) is 12.3. The highest BCUT2D eigenvalue weighted by Crippen LogP contribution is 2.35. The lowest BCUT2D eigenvalue weighted by Gasteiger charge is -2.23. The van der Waals surface area contributed by atoms with Crippen LogP contribution in [0.3, 0.4) is 0 Å². The number of aromatic hydroxyl groups is 1. The highest BCUT2D eigenvalue weighted by molar-refractivity contribution is 5.39. The number of hydrogen-bond donors (Lipinski definition) is 3. The maximum atomic E-state index is 9.80. The predicted octanol–water partition coefficient (Wildman–Crippen LogP) is 2.40. The standard InChI is InChI=1S/C14H22N2O/c15-9-13(16)12-8-11(6-7-14(12)17)10-4-2-1-3-5-10/h6-8,10,13,17H,1-5,9,15-16H2/t13-/m0/s1. The molecule has 0 aromatic heterocycles. The highest BCUT2D eigenvalue weighted by Gasteiger charge is 2.18. The van der Waals surface area contributed by atoms with Crippen molar-refractivity contribution in [3.05, 3.63) is 29.3 Å². The molecule has 94 valence electrons. The Labute approximate surface area is 103 Å². The van der Waals surface area contributed by atoms with Crippen LogP contribution >= 0.6 is 0 Å². The Morgan fingerprint density at radius 2 is 1.94 bits per heavy atom.